The number of aryl methyl sites for hydroxylation is 1. The fourth-order valence-corrected chi connectivity index (χ4v) is 4.11. The van der Waals surface area contributed by atoms with Crippen molar-refractivity contribution in [2.45, 2.75) is 39.2 Å². The van der Waals surface area contributed by atoms with Crippen molar-refractivity contribution in [1.82, 2.24) is 20.0 Å². The van der Waals surface area contributed by atoms with E-state index in [4.69, 9.17) is 4.74 Å². The fraction of sp³-hybridized carbons (Fsp3) is 0.368. The zero-order valence-electron chi connectivity index (χ0n) is 15.3. The third-order valence-corrected chi connectivity index (χ3v) is 5.60. The highest BCUT2D eigenvalue weighted by Crippen LogP contribution is 2.32. The predicted molar refractivity (Wildman–Crippen MR) is 103 cm³/mol. The summed E-state index contributed by atoms with van der Waals surface area (Å²) >= 11 is 1.38. The van der Waals surface area contributed by atoms with Crippen molar-refractivity contribution in [1.29, 1.82) is 0 Å². The lowest BCUT2D eigenvalue weighted by atomic mass is 10.1. The van der Waals surface area contributed by atoms with Gasteiger partial charge in [0.1, 0.15) is 11.1 Å². The molecule has 1 aliphatic rings. The summed E-state index contributed by atoms with van der Waals surface area (Å²) < 4.78 is 7.49. The van der Waals surface area contributed by atoms with Crippen LogP contribution in [-0.2, 0) is 16.0 Å². The largest absolute Gasteiger partial charge is 0.371 e. The van der Waals surface area contributed by atoms with Gasteiger partial charge in [-0.25, -0.2) is 4.68 Å². The van der Waals surface area contributed by atoms with Crippen LogP contribution in [0.5, 0.6) is 0 Å². The predicted octanol–water partition coefficient (Wildman–Crippen LogP) is 3.37. The first-order chi connectivity index (χ1) is 13.1. The summed E-state index contributed by atoms with van der Waals surface area (Å²) in [6.45, 7) is 4.67. The van der Waals surface area contributed by atoms with E-state index in [1.165, 1.54) is 11.3 Å². The number of ether oxygens (including phenoxy) is 1. The van der Waals surface area contributed by atoms with Gasteiger partial charge in [0.05, 0.1) is 17.8 Å². The van der Waals surface area contributed by atoms with Gasteiger partial charge in [0.15, 0.2) is 0 Å². The zero-order chi connectivity index (χ0) is 18.8. The number of carbonyl (C=O) groups excluding carboxylic acids is 1. The van der Waals surface area contributed by atoms with Crippen molar-refractivity contribution >= 4 is 22.4 Å². The lowest BCUT2D eigenvalue weighted by molar-refractivity contribution is -0.115. The molecule has 0 bridgehead atoms. The molecule has 3 aromatic rings. The lowest BCUT2D eigenvalue weighted by Gasteiger charge is -2.05. The number of rotatable bonds is 5. The summed E-state index contributed by atoms with van der Waals surface area (Å²) in [5, 5.41) is 17.0. The van der Waals surface area contributed by atoms with Gasteiger partial charge < -0.3 is 10.1 Å². The summed E-state index contributed by atoms with van der Waals surface area (Å²) in [5.74, 6) is -0.121. The normalized spacial score (nSPS) is 16.6. The first-order valence-corrected chi connectivity index (χ1v) is 9.79. The summed E-state index contributed by atoms with van der Waals surface area (Å²) in [4.78, 5) is 12.5. The number of carbonyl (C=O) groups is 1. The van der Waals surface area contributed by atoms with E-state index in [2.05, 4.69) is 20.6 Å². The Morgan fingerprint density at radius 2 is 2.11 bits per heavy atom. The van der Waals surface area contributed by atoms with E-state index < -0.39 is 0 Å². The Kier molecular flexibility index (Phi) is 5.00. The van der Waals surface area contributed by atoms with Crippen molar-refractivity contribution in [3.8, 4) is 5.69 Å². The molecule has 1 N–H and O–H groups in total. The van der Waals surface area contributed by atoms with Gasteiger partial charge in [0.25, 0.3) is 0 Å². The van der Waals surface area contributed by atoms with Crippen molar-refractivity contribution in [3.63, 3.8) is 0 Å². The number of anilines is 1. The van der Waals surface area contributed by atoms with Gasteiger partial charge in [-0.2, -0.15) is 5.10 Å². The molecular weight excluding hydrogens is 362 g/mol. The number of amides is 1. The molecule has 3 heterocycles. The standard InChI is InChI=1S/C19H21N5O2S/c1-12-15(13(2)24(23-12)14-7-4-3-5-8-14)11-17(25)20-19-22-21-18(27-19)16-9-6-10-26-16/h3-5,7-8,16H,6,9-11H2,1-2H3,(H,20,22,25)/t16-/m1/s1. The molecule has 0 radical (unpaired) electrons. The van der Waals surface area contributed by atoms with Crippen LogP contribution < -0.4 is 5.32 Å². The second-order valence-electron chi connectivity index (χ2n) is 6.57. The summed E-state index contributed by atoms with van der Waals surface area (Å²) in [7, 11) is 0. The Balaban J connectivity index is 1.46. The van der Waals surface area contributed by atoms with Crippen LogP contribution in [0.15, 0.2) is 30.3 Å². The van der Waals surface area contributed by atoms with Crippen LogP contribution in [0, 0.1) is 13.8 Å². The van der Waals surface area contributed by atoms with Crippen LogP contribution in [0.1, 0.15) is 40.9 Å². The molecule has 4 rings (SSSR count). The molecular formula is C19H21N5O2S. The summed E-state index contributed by atoms with van der Waals surface area (Å²) in [6.07, 6.45) is 2.26. The maximum atomic E-state index is 12.5. The number of nitrogens with zero attached hydrogens (tertiary/aromatic N) is 4. The van der Waals surface area contributed by atoms with Gasteiger partial charge in [0.2, 0.25) is 11.0 Å². The minimum absolute atomic E-state index is 0.0155. The minimum Gasteiger partial charge on any atom is -0.371 e. The average molecular weight is 383 g/mol. The van der Waals surface area contributed by atoms with Gasteiger partial charge in [0, 0.05) is 17.9 Å². The van der Waals surface area contributed by atoms with Gasteiger partial charge in [-0.3, -0.25) is 4.79 Å². The second kappa shape index (κ2) is 7.58. The van der Waals surface area contributed by atoms with Crippen molar-refractivity contribution in [3.05, 3.63) is 52.3 Å². The van der Waals surface area contributed by atoms with E-state index in [1.807, 2.05) is 48.9 Å². The van der Waals surface area contributed by atoms with Crippen molar-refractivity contribution in [2.24, 2.45) is 0 Å². The molecule has 140 valence electrons. The minimum atomic E-state index is -0.121. The molecule has 1 fully saturated rings. The molecule has 0 spiro atoms. The number of hydrogen-bond acceptors (Lipinski definition) is 6. The number of hydrogen-bond donors (Lipinski definition) is 1. The fourth-order valence-electron chi connectivity index (χ4n) is 3.26. The molecule has 1 amide bonds. The lowest BCUT2D eigenvalue weighted by Crippen LogP contribution is -2.15. The number of aromatic nitrogens is 4. The molecule has 1 saturated heterocycles. The van der Waals surface area contributed by atoms with Crippen LogP contribution >= 0.6 is 11.3 Å². The zero-order valence-corrected chi connectivity index (χ0v) is 16.1. The Labute approximate surface area is 161 Å². The van der Waals surface area contributed by atoms with E-state index in [-0.39, 0.29) is 18.4 Å². The Hall–Kier alpha value is -2.58. The maximum Gasteiger partial charge on any atom is 0.230 e. The molecule has 2 aromatic heterocycles. The molecule has 8 heteroatoms. The van der Waals surface area contributed by atoms with Crippen LogP contribution in [0.25, 0.3) is 5.69 Å². The maximum absolute atomic E-state index is 12.5. The average Bonchev–Trinajstić information content (AvgIpc) is 3.40. The summed E-state index contributed by atoms with van der Waals surface area (Å²) in [5.41, 5.74) is 3.73. The van der Waals surface area contributed by atoms with Gasteiger partial charge in [-0.15, -0.1) is 10.2 Å². The van der Waals surface area contributed by atoms with Gasteiger partial charge >= 0.3 is 0 Å². The molecule has 1 atom stereocenters. The Morgan fingerprint density at radius 3 is 2.85 bits per heavy atom. The van der Waals surface area contributed by atoms with Crippen LogP contribution in [0.2, 0.25) is 0 Å². The topological polar surface area (TPSA) is 81.9 Å². The molecule has 1 aliphatic heterocycles. The van der Waals surface area contributed by atoms with E-state index in [0.717, 1.165) is 47.1 Å². The first-order valence-electron chi connectivity index (χ1n) is 8.97. The smallest absolute Gasteiger partial charge is 0.230 e. The van der Waals surface area contributed by atoms with Gasteiger partial charge in [-0.05, 0) is 38.8 Å². The quantitative estimate of drug-likeness (QED) is 0.730. The number of para-hydroxylation sites is 1. The SMILES string of the molecule is Cc1nn(-c2ccccc2)c(C)c1CC(=O)Nc1nnc([C@H]2CCCO2)s1. The third kappa shape index (κ3) is 3.77. The van der Waals surface area contributed by atoms with Crippen LogP contribution in [0.4, 0.5) is 5.13 Å². The highest BCUT2D eigenvalue weighted by atomic mass is 32.1. The molecule has 0 unspecified atom stereocenters. The number of nitrogens with one attached hydrogen (secondary N) is 1. The number of benzene rings is 1. The third-order valence-electron chi connectivity index (χ3n) is 4.67. The highest BCUT2D eigenvalue weighted by molar-refractivity contribution is 7.15. The van der Waals surface area contributed by atoms with E-state index >= 15 is 0 Å². The molecule has 0 saturated carbocycles. The second-order valence-corrected chi connectivity index (χ2v) is 7.58. The van der Waals surface area contributed by atoms with Crippen molar-refractivity contribution in [2.75, 3.05) is 11.9 Å². The van der Waals surface area contributed by atoms with Gasteiger partial charge in [-0.1, -0.05) is 29.5 Å². The Morgan fingerprint density at radius 1 is 1.30 bits per heavy atom. The van der Waals surface area contributed by atoms with Crippen molar-refractivity contribution < 1.29 is 9.53 Å². The molecule has 0 aliphatic carbocycles. The monoisotopic (exact) mass is 383 g/mol. The Bertz CT molecular complexity index is 944. The van der Waals surface area contributed by atoms with Crippen LogP contribution in [0.3, 0.4) is 0 Å². The highest BCUT2D eigenvalue weighted by Gasteiger charge is 2.23. The van der Waals surface area contributed by atoms with Crippen LogP contribution in [-0.4, -0.2) is 32.5 Å². The van der Waals surface area contributed by atoms with E-state index in [9.17, 15) is 4.79 Å². The molecule has 7 nitrogen and oxygen atoms in total. The molecule has 1 aromatic carbocycles. The molecule has 27 heavy (non-hydrogen) atoms. The summed E-state index contributed by atoms with van der Waals surface area (Å²) in [6, 6.07) is 9.91. The van der Waals surface area contributed by atoms with E-state index in [1.54, 1.807) is 0 Å². The van der Waals surface area contributed by atoms with E-state index in [0.29, 0.717) is 5.13 Å². The first kappa shape index (κ1) is 17.8.